The standard InChI is InChI=1S/3C6H12O7.Ce/c3*7-1-2(8)3(9)4(10)5(11)6(12)13;/h3*2-5,7-11H,1H2,(H,12,13);/q;;;+3/p-3. The van der Waals surface area contributed by atoms with Crippen LogP contribution in [0, 0.1) is 41.7 Å². The molecule has 0 saturated carbocycles. The third-order valence-electron chi connectivity index (χ3n) is 4.49. The molecule has 0 bridgehead atoms. The van der Waals surface area contributed by atoms with Gasteiger partial charge in [-0.1, -0.05) is 0 Å². The van der Waals surface area contributed by atoms with Crippen molar-refractivity contribution in [2.24, 2.45) is 0 Å². The van der Waals surface area contributed by atoms with Gasteiger partial charge < -0.3 is 106 Å². The number of carboxylic acid groups (broad SMARTS) is 3. The van der Waals surface area contributed by atoms with Crippen LogP contribution >= 0.6 is 0 Å². The number of carboxylic acids is 3. The van der Waals surface area contributed by atoms with Crippen molar-refractivity contribution in [2.75, 3.05) is 19.8 Å². The van der Waals surface area contributed by atoms with Crippen molar-refractivity contribution in [3.8, 4) is 0 Å². The van der Waals surface area contributed by atoms with Crippen LogP contribution in [0.25, 0.3) is 0 Å². The molecule has 0 aromatic rings. The second kappa shape index (κ2) is 23.7. The zero-order valence-electron chi connectivity index (χ0n) is 20.2. The summed E-state index contributed by atoms with van der Waals surface area (Å²) in [6.45, 7) is -2.59. The fourth-order valence-corrected chi connectivity index (χ4v) is 1.99. The van der Waals surface area contributed by atoms with E-state index in [1.807, 2.05) is 0 Å². The first-order valence-electron chi connectivity index (χ1n) is 10.4. The third kappa shape index (κ3) is 17.2. The zero-order valence-corrected chi connectivity index (χ0v) is 23.3. The molecule has 235 valence electrons. The predicted molar refractivity (Wildman–Crippen MR) is 108 cm³/mol. The van der Waals surface area contributed by atoms with E-state index in [1.54, 1.807) is 0 Å². The van der Waals surface area contributed by atoms with Crippen molar-refractivity contribution in [3.63, 3.8) is 0 Å². The number of hydrogen-bond acceptors (Lipinski definition) is 21. The molecule has 12 atom stereocenters. The third-order valence-corrected chi connectivity index (χ3v) is 4.49. The second-order valence-electron chi connectivity index (χ2n) is 7.48. The molecule has 15 N–H and O–H groups in total. The Balaban J connectivity index is -0.000000240. The summed E-state index contributed by atoms with van der Waals surface area (Å²) in [7, 11) is 0. The van der Waals surface area contributed by atoms with Crippen molar-refractivity contribution in [3.05, 3.63) is 0 Å². The number of carbonyl (C=O) groups excluding carboxylic acids is 3. The Bertz CT molecular complexity index is 608. The smallest absolute Gasteiger partial charge is 0.547 e. The summed E-state index contributed by atoms with van der Waals surface area (Å²) in [6, 6.07) is 0. The van der Waals surface area contributed by atoms with Gasteiger partial charge in [0.2, 0.25) is 0 Å². The molecule has 0 aliphatic rings. The number of hydrogen-bond donors (Lipinski definition) is 15. The van der Waals surface area contributed by atoms with Crippen LogP contribution in [0.4, 0.5) is 0 Å². The van der Waals surface area contributed by atoms with Gasteiger partial charge in [0, 0.05) is 0 Å². The van der Waals surface area contributed by atoms with Crippen LogP contribution < -0.4 is 15.3 Å². The molecule has 40 heavy (non-hydrogen) atoms. The summed E-state index contributed by atoms with van der Waals surface area (Å²) in [5, 5.41) is 160. The molecule has 0 aromatic carbocycles. The van der Waals surface area contributed by atoms with Gasteiger partial charge in [0.25, 0.3) is 0 Å². The maximum Gasteiger partial charge on any atom is 3.00 e. The molecule has 0 aliphatic heterocycles. The molecule has 0 aliphatic carbocycles. The van der Waals surface area contributed by atoms with Crippen molar-refractivity contribution in [2.45, 2.75) is 73.2 Å². The zero-order chi connectivity index (χ0) is 31.8. The summed E-state index contributed by atoms with van der Waals surface area (Å²) < 4.78 is 0. The van der Waals surface area contributed by atoms with Gasteiger partial charge in [0.1, 0.15) is 73.2 Å². The average molecular weight is 726 g/mol. The van der Waals surface area contributed by atoms with Crippen LogP contribution in [0.5, 0.6) is 0 Å². The molecular weight excluding hydrogens is 692 g/mol. The van der Waals surface area contributed by atoms with Crippen molar-refractivity contribution in [1.82, 2.24) is 0 Å². The van der Waals surface area contributed by atoms with Crippen LogP contribution in [0.1, 0.15) is 0 Å². The largest absolute Gasteiger partial charge is 3.00 e. The minimum atomic E-state index is -2.31. The van der Waals surface area contributed by atoms with E-state index in [4.69, 9.17) is 76.6 Å². The van der Waals surface area contributed by atoms with Gasteiger partial charge in [0.05, 0.1) is 37.7 Å². The van der Waals surface area contributed by atoms with Crippen LogP contribution in [0.3, 0.4) is 0 Å². The number of rotatable bonds is 15. The summed E-state index contributed by atoms with van der Waals surface area (Å²) in [5.74, 6) is -5.93. The number of aliphatic hydroxyl groups excluding tert-OH is 15. The van der Waals surface area contributed by atoms with Gasteiger partial charge in [-0.3, -0.25) is 0 Å². The van der Waals surface area contributed by atoms with Gasteiger partial charge in [0.15, 0.2) is 0 Å². The average Bonchev–Trinajstić information content (AvgIpc) is 2.92. The van der Waals surface area contributed by atoms with Crippen LogP contribution in [-0.4, -0.2) is 188 Å². The first-order valence-corrected chi connectivity index (χ1v) is 10.4. The summed E-state index contributed by atoms with van der Waals surface area (Å²) in [5.41, 5.74) is 0. The molecule has 12 unspecified atom stereocenters. The van der Waals surface area contributed by atoms with E-state index in [9.17, 15) is 29.7 Å². The van der Waals surface area contributed by atoms with Gasteiger partial charge in [-0.2, -0.15) is 0 Å². The molecule has 0 fully saturated rings. The monoisotopic (exact) mass is 725 g/mol. The van der Waals surface area contributed by atoms with Crippen molar-refractivity contribution < 1.29 is 148 Å². The predicted octanol–water partition coefficient (Wildman–Crippen LogP) is -14.5. The van der Waals surface area contributed by atoms with Crippen LogP contribution in [0.2, 0.25) is 0 Å². The Kier molecular flexibility index (Phi) is 27.4. The minimum Gasteiger partial charge on any atom is -0.547 e. The fraction of sp³-hybridized carbons (Fsp3) is 0.833. The van der Waals surface area contributed by atoms with E-state index in [1.165, 1.54) is 0 Å². The quantitative estimate of drug-likeness (QED) is 0.0745. The van der Waals surface area contributed by atoms with Gasteiger partial charge in [-0.25, -0.2) is 0 Å². The van der Waals surface area contributed by atoms with Crippen molar-refractivity contribution >= 4 is 17.9 Å². The Hall–Kier alpha value is -0.813. The normalized spacial score (nSPS) is 19.9. The molecule has 0 amide bonds. The number of aliphatic carboxylic acids is 3. The first-order chi connectivity index (χ1) is 17.7. The molecule has 0 spiro atoms. The maximum atomic E-state index is 9.98. The van der Waals surface area contributed by atoms with E-state index >= 15 is 0 Å². The van der Waals surface area contributed by atoms with Gasteiger partial charge >= 0.3 is 41.7 Å². The van der Waals surface area contributed by atoms with E-state index < -0.39 is 111 Å². The molecule has 0 rings (SSSR count). The van der Waals surface area contributed by atoms with Crippen LogP contribution in [-0.2, 0) is 14.4 Å². The molecule has 1 radical (unpaired) electrons. The van der Waals surface area contributed by atoms with Gasteiger partial charge in [-0.15, -0.1) is 0 Å². The minimum absolute atomic E-state index is 0. The van der Waals surface area contributed by atoms with E-state index in [0.29, 0.717) is 0 Å². The molecular formula is C18H33CeO21. The number of aliphatic hydroxyl groups is 15. The van der Waals surface area contributed by atoms with E-state index in [2.05, 4.69) is 0 Å². The van der Waals surface area contributed by atoms with E-state index in [0.717, 1.165) is 0 Å². The summed E-state index contributed by atoms with van der Waals surface area (Å²) >= 11 is 0. The molecule has 21 nitrogen and oxygen atoms in total. The Morgan fingerprint density at radius 3 is 0.650 bits per heavy atom. The summed E-state index contributed by atoms with van der Waals surface area (Å²) in [6.07, 6.45) is -24.2. The molecule has 22 heteroatoms. The van der Waals surface area contributed by atoms with Crippen molar-refractivity contribution in [1.29, 1.82) is 0 Å². The van der Waals surface area contributed by atoms with E-state index in [-0.39, 0.29) is 41.7 Å². The molecule has 0 saturated heterocycles. The molecule has 0 heterocycles. The second-order valence-corrected chi connectivity index (χ2v) is 7.48. The Labute approximate surface area is 258 Å². The maximum absolute atomic E-state index is 9.98. The first kappa shape index (κ1) is 46.2. The number of carbonyl (C=O) groups is 3. The van der Waals surface area contributed by atoms with Gasteiger partial charge in [-0.05, 0) is 0 Å². The summed E-state index contributed by atoms with van der Waals surface area (Å²) in [4.78, 5) is 29.9. The Morgan fingerprint density at radius 1 is 0.400 bits per heavy atom. The fourth-order valence-electron chi connectivity index (χ4n) is 1.99. The van der Waals surface area contributed by atoms with Crippen LogP contribution in [0.15, 0.2) is 0 Å². The Morgan fingerprint density at radius 2 is 0.550 bits per heavy atom. The SMILES string of the molecule is O=C([O-])C(O)C(O)C(O)C(O)CO.O=C([O-])C(O)C(O)C(O)C(O)CO.O=C([O-])C(O)C(O)C(O)C(O)CO.[Ce+3]. The topological polar surface area (TPSA) is 424 Å². The molecule has 0 aromatic heterocycles.